The Hall–Kier alpha value is -4.20. The van der Waals surface area contributed by atoms with E-state index in [1.165, 1.54) is 44.3 Å². The highest BCUT2D eigenvalue weighted by Gasteiger charge is 2.11. The Bertz CT molecular complexity index is 2000. The third kappa shape index (κ3) is 15.4. The monoisotopic (exact) mass is 784 g/mol. The highest BCUT2D eigenvalue weighted by atomic mass is 35.5. The molecule has 5 aromatic rings. The number of hydrogen-bond acceptors (Lipinski definition) is 9. The van der Waals surface area contributed by atoms with Crippen LogP contribution in [0.2, 0.25) is 5.02 Å². The fourth-order valence-electron chi connectivity index (χ4n) is 4.32. The molecule has 0 spiro atoms. The van der Waals surface area contributed by atoms with Crippen molar-refractivity contribution in [2.24, 2.45) is 0 Å². The van der Waals surface area contributed by atoms with Crippen LogP contribution in [0.15, 0.2) is 107 Å². The molecule has 3 aromatic carbocycles. The Kier molecular flexibility index (Phi) is 20.5. The summed E-state index contributed by atoms with van der Waals surface area (Å²) in [7, 11) is -4.02. The zero-order valence-electron chi connectivity index (χ0n) is 31.2. The summed E-state index contributed by atoms with van der Waals surface area (Å²) in [5, 5.41) is 8.00. The van der Waals surface area contributed by atoms with E-state index in [0.29, 0.717) is 23.1 Å². The maximum Gasteiger partial charge on any atom is 0.294 e. The van der Waals surface area contributed by atoms with Gasteiger partial charge in [0.15, 0.2) is 0 Å². The summed E-state index contributed by atoms with van der Waals surface area (Å²) in [6.07, 6.45) is 8.60. The van der Waals surface area contributed by atoms with Crippen molar-refractivity contribution in [3.63, 3.8) is 0 Å². The highest BCUT2D eigenvalue weighted by molar-refractivity contribution is 7.98. The molecule has 13 heteroatoms. The van der Waals surface area contributed by atoms with Gasteiger partial charge in [0.05, 0.1) is 22.0 Å². The molecule has 0 atom stereocenters. The number of anilines is 2. The lowest BCUT2D eigenvalue weighted by Gasteiger charge is -2.12. The number of halogens is 2. The number of nitrogens with zero attached hydrogens (tertiary/aromatic N) is 2. The number of hydrogen-bond donors (Lipinski definition) is 3. The molecule has 5 rings (SSSR count). The first kappa shape index (κ1) is 45.0. The summed E-state index contributed by atoms with van der Waals surface area (Å²) in [5.41, 5.74) is 3.21. The largest absolute Gasteiger partial charge is 0.487 e. The first-order valence-electron chi connectivity index (χ1n) is 17.3. The van der Waals surface area contributed by atoms with Gasteiger partial charge in [0.2, 0.25) is 0 Å². The molecule has 0 saturated carbocycles. The Morgan fingerprint density at radius 1 is 1.06 bits per heavy atom. The third-order valence-electron chi connectivity index (χ3n) is 7.13. The van der Waals surface area contributed by atoms with E-state index in [-0.39, 0.29) is 17.3 Å². The standard InChI is InChI=1S/C29H26ClFN4O2S.C5H8O3S.C4H10.C2H6/c1-38-12-11-32-16-23-7-10-27(37-23)20-5-8-26-24(14-20)29(34-18-33-26)35-22-6-9-28(25(30)15-22)36-17-19-3-2-4-21(31)13-19;1-3-5(4-2)9(6,7)8;1-3-4-2;1-2/h2-10,13-15,18,32H,11-12,16-17H2,1H3,(H,33,34,35);3-4H,1H2,2H3,(H,6,7,8);3-4H2,1-2H3;1-2H3/b;5-4+;;. The molecular weight excluding hydrogens is 735 g/mol. The maximum atomic E-state index is 13.4. The second-order valence-corrected chi connectivity index (χ2v) is 13.8. The van der Waals surface area contributed by atoms with E-state index in [4.69, 9.17) is 25.3 Å². The number of aromatic nitrogens is 2. The summed E-state index contributed by atoms with van der Waals surface area (Å²) in [5.74, 6) is 3.58. The molecule has 0 amide bonds. The maximum absolute atomic E-state index is 13.4. The van der Waals surface area contributed by atoms with Crippen molar-refractivity contribution in [1.29, 1.82) is 0 Å². The van der Waals surface area contributed by atoms with Crippen LogP contribution in [0.25, 0.3) is 22.2 Å². The molecule has 0 aliphatic rings. The van der Waals surface area contributed by atoms with Crippen molar-refractivity contribution >= 4 is 55.9 Å². The van der Waals surface area contributed by atoms with Gasteiger partial charge in [0.1, 0.15) is 41.8 Å². The lowest BCUT2D eigenvalue weighted by Crippen LogP contribution is -2.15. The van der Waals surface area contributed by atoms with Crippen LogP contribution < -0.4 is 15.4 Å². The minimum atomic E-state index is -4.02. The number of fused-ring (bicyclic) bond motifs is 1. The Balaban J connectivity index is 0.000000551. The van der Waals surface area contributed by atoms with Crippen LogP contribution in [0.1, 0.15) is 58.8 Å². The van der Waals surface area contributed by atoms with Crippen molar-refractivity contribution in [1.82, 2.24) is 15.3 Å². The summed E-state index contributed by atoms with van der Waals surface area (Å²) < 4.78 is 54.0. The van der Waals surface area contributed by atoms with Gasteiger partial charge in [-0.15, -0.1) is 0 Å². The van der Waals surface area contributed by atoms with Gasteiger partial charge in [-0.2, -0.15) is 20.2 Å². The van der Waals surface area contributed by atoms with E-state index in [0.717, 1.165) is 57.6 Å². The quantitative estimate of drug-likeness (QED) is 0.0569. The number of nitrogens with one attached hydrogen (secondary N) is 2. The van der Waals surface area contributed by atoms with Crippen LogP contribution in [0.4, 0.5) is 15.9 Å². The first-order valence-corrected chi connectivity index (χ1v) is 20.5. The van der Waals surface area contributed by atoms with E-state index >= 15 is 0 Å². The molecule has 0 unspecified atom stereocenters. The molecular formula is C40H50ClFN4O5S2. The van der Waals surface area contributed by atoms with Crippen LogP contribution in [0, 0.1) is 5.82 Å². The van der Waals surface area contributed by atoms with Gasteiger partial charge in [-0.05, 0) is 85.5 Å². The topological polar surface area (TPSA) is 127 Å². The van der Waals surface area contributed by atoms with Crippen molar-refractivity contribution in [2.75, 3.05) is 23.9 Å². The summed E-state index contributed by atoms with van der Waals surface area (Å²) in [4.78, 5) is 8.70. The van der Waals surface area contributed by atoms with E-state index in [2.05, 4.69) is 47.3 Å². The highest BCUT2D eigenvalue weighted by Crippen LogP contribution is 2.33. The van der Waals surface area contributed by atoms with Crippen LogP contribution in [0.5, 0.6) is 5.75 Å². The number of unbranched alkanes of at least 4 members (excludes halogenated alkanes) is 1. The average Bonchev–Trinajstić information content (AvgIpc) is 3.63. The molecule has 53 heavy (non-hydrogen) atoms. The molecule has 0 bridgehead atoms. The molecule has 2 heterocycles. The zero-order valence-corrected chi connectivity index (χ0v) is 33.5. The molecule has 0 aliphatic carbocycles. The average molecular weight is 785 g/mol. The normalized spacial score (nSPS) is 10.9. The lowest BCUT2D eigenvalue weighted by atomic mass is 10.1. The molecule has 0 radical (unpaired) electrons. The number of rotatable bonds is 14. The predicted molar refractivity (Wildman–Crippen MR) is 220 cm³/mol. The number of furan rings is 1. The first-order chi connectivity index (χ1) is 25.5. The van der Waals surface area contributed by atoms with E-state index in [9.17, 15) is 12.8 Å². The third-order valence-corrected chi connectivity index (χ3v) is 9.03. The van der Waals surface area contributed by atoms with Gasteiger partial charge in [-0.1, -0.05) is 76.9 Å². The minimum absolute atomic E-state index is 0.164. The number of thioether (sulfide) groups is 1. The van der Waals surface area contributed by atoms with Crippen molar-refractivity contribution in [2.45, 2.75) is 60.6 Å². The van der Waals surface area contributed by atoms with Gasteiger partial charge in [-0.3, -0.25) is 4.55 Å². The van der Waals surface area contributed by atoms with E-state index in [1.54, 1.807) is 24.3 Å². The summed E-state index contributed by atoms with van der Waals surface area (Å²) in [6, 6.07) is 21.6. The fourth-order valence-corrected chi connectivity index (χ4v) is 5.41. The molecule has 0 saturated heterocycles. The smallest absolute Gasteiger partial charge is 0.294 e. The van der Waals surface area contributed by atoms with Gasteiger partial charge in [-0.25, -0.2) is 14.4 Å². The minimum Gasteiger partial charge on any atom is -0.487 e. The second kappa shape index (κ2) is 24.2. The molecule has 286 valence electrons. The van der Waals surface area contributed by atoms with Crippen molar-refractivity contribution < 1.29 is 26.5 Å². The lowest BCUT2D eigenvalue weighted by molar-refractivity contribution is 0.306. The zero-order chi connectivity index (χ0) is 39.2. The van der Waals surface area contributed by atoms with Crippen LogP contribution in [-0.2, 0) is 23.3 Å². The molecule has 9 nitrogen and oxygen atoms in total. The number of benzene rings is 3. The van der Waals surface area contributed by atoms with Gasteiger partial charge in [0, 0.05) is 28.9 Å². The molecule has 3 N–H and O–H groups in total. The van der Waals surface area contributed by atoms with Crippen molar-refractivity contribution in [3.8, 4) is 17.1 Å². The second-order valence-electron chi connectivity index (χ2n) is 10.9. The molecule has 0 aliphatic heterocycles. The summed E-state index contributed by atoms with van der Waals surface area (Å²) in [6.45, 7) is 14.9. The molecule has 2 aromatic heterocycles. The predicted octanol–water partition coefficient (Wildman–Crippen LogP) is 11.3. The summed E-state index contributed by atoms with van der Waals surface area (Å²) >= 11 is 8.29. The van der Waals surface area contributed by atoms with Gasteiger partial charge >= 0.3 is 0 Å². The Labute approximate surface area is 322 Å². The van der Waals surface area contributed by atoms with Crippen LogP contribution in [0.3, 0.4) is 0 Å². The van der Waals surface area contributed by atoms with Crippen LogP contribution in [-0.4, -0.2) is 41.5 Å². The van der Waals surface area contributed by atoms with Crippen molar-refractivity contribution in [3.05, 3.63) is 125 Å². The van der Waals surface area contributed by atoms with E-state index in [1.807, 2.05) is 62.0 Å². The number of allylic oxidation sites excluding steroid dienone is 2. The SMILES string of the molecule is C=C/C(=C\C)S(=O)(=O)O.CC.CCCC.CSCCNCc1ccc(-c2ccc3ncnc(Nc4ccc(OCc5cccc(F)c5)c(Cl)c4)c3c2)o1. The van der Waals surface area contributed by atoms with Gasteiger partial charge in [0.25, 0.3) is 10.1 Å². The Morgan fingerprint density at radius 2 is 1.81 bits per heavy atom. The van der Waals surface area contributed by atoms with Crippen LogP contribution >= 0.6 is 23.4 Å². The fraction of sp³-hybridized carbons (Fsp3) is 0.300. The van der Waals surface area contributed by atoms with E-state index < -0.39 is 10.1 Å². The van der Waals surface area contributed by atoms with Gasteiger partial charge < -0.3 is 19.8 Å². The Morgan fingerprint density at radius 3 is 2.42 bits per heavy atom. The number of ether oxygens (including phenoxy) is 1. The molecule has 0 fully saturated rings.